The van der Waals surface area contributed by atoms with Crippen LogP contribution in [0, 0.1) is 5.82 Å². The first-order valence-corrected chi connectivity index (χ1v) is 10.6. The lowest BCUT2D eigenvalue weighted by atomic mass is 9.63. The molecule has 0 unspecified atom stereocenters. The highest BCUT2D eigenvalue weighted by atomic mass is 19.1. The molecule has 0 atom stereocenters. The molecule has 2 aromatic carbocycles. The van der Waals surface area contributed by atoms with E-state index in [4.69, 9.17) is 9.47 Å². The molecule has 0 saturated heterocycles. The van der Waals surface area contributed by atoms with E-state index in [1.165, 1.54) is 12.1 Å². The van der Waals surface area contributed by atoms with Crippen molar-refractivity contribution in [3.8, 4) is 11.5 Å². The number of carbonyl (C=O) groups excluding carboxylic acids is 1. The second-order valence-electron chi connectivity index (χ2n) is 7.64. The van der Waals surface area contributed by atoms with Crippen LogP contribution in [-0.2, 0) is 10.2 Å². The number of likely N-dealkylation sites (N-methyl/N-ethyl adjacent to an activating group) is 1. The fourth-order valence-corrected chi connectivity index (χ4v) is 3.91. The maximum atomic E-state index is 13.7. The monoisotopic (exact) mass is 414 g/mol. The molecule has 0 spiro atoms. The summed E-state index contributed by atoms with van der Waals surface area (Å²) in [4.78, 5) is 15.4. The van der Waals surface area contributed by atoms with E-state index in [-0.39, 0.29) is 11.7 Å². The summed E-state index contributed by atoms with van der Waals surface area (Å²) in [6.45, 7) is 7.52. The average Bonchev–Trinajstić information content (AvgIpc) is 2.71. The number of methoxy groups -OCH3 is 1. The predicted molar refractivity (Wildman–Crippen MR) is 117 cm³/mol. The maximum absolute atomic E-state index is 13.7. The van der Waals surface area contributed by atoms with Gasteiger partial charge in [-0.2, -0.15) is 0 Å². The van der Waals surface area contributed by atoms with Gasteiger partial charge in [0.2, 0.25) is 5.91 Å². The Kier molecular flexibility index (Phi) is 7.32. The third kappa shape index (κ3) is 4.75. The molecule has 0 aromatic heterocycles. The second-order valence-corrected chi connectivity index (χ2v) is 7.64. The highest BCUT2D eigenvalue weighted by Gasteiger charge is 2.45. The van der Waals surface area contributed by atoms with E-state index in [0.717, 1.165) is 31.6 Å². The Morgan fingerprint density at radius 3 is 2.50 bits per heavy atom. The molecule has 30 heavy (non-hydrogen) atoms. The summed E-state index contributed by atoms with van der Waals surface area (Å²) < 4.78 is 25.1. The van der Waals surface area contributed by atoms with Crippen LogP contribution in [0.3, 0.4) is 0 Å². The van der Waals surface area contributed by atoms with Crippen LogP contribution in [0.15, 0.2) is 42.5 Å². The van der Waals surface area contributed by atoms with Crippen LogP contribution in [0.4, 0.5) is 10.1 Å². The van der Waals surface area contributed by atoms with Gasteiger partial charge in [0.25, 0.3) is 0 Å². The maximum Gasteiger partial charge on any atom is 0.235 e. The average molecular weight is 415 g/mol. The minimum atomic E-state index is -0.675. The smallest absolute Gasteiger partial charge is 0.235 e. The molecular formula is C24H31FN2O3. The molecule has 5 nitrogen and oxygen atoms in total. The number of anilines is 1. The zero-order valence-corrected chi connectivity index (χ0v) is 18.0. The number of rotatable bonds is 10. The van der Waals surface area contributed by atoms with Crippen LogP contribution in [-0.4, -0.2) is 44.2 Å². The first kappa shape index (κ1) is 22.1. The first-order valence-electron chi connectivity index (χ1n) is 10.6. The largest absolute Gasteiger partial charge is 0.493 e. The summed E-state index contributed by atoms with van der Waals surface area (Å²) >= 11 is 0. The predicted octanol–water partition coefficient (Wildman–Crippen LogP) is 4.62. The number of carbonyl (C=O) groups is 1. The third-order valence-electron chi connectivity index (χ3n) is 6.00. The SMILES string of the molecule is CCN(CC)CCOc1cc(NC(=O)C2(c3cccc(F)c3)CCC2)ccc1OC. The van der Waals surface area contributed by atoms with Gasteiger partial charge in [-0.25, -0.2) is 4.39 Å². The lowest BCUT2D eigenvalue weighted by Gasteiger charge is -2.40. The van der Waals surface area contributed by atoms with E-state index in [1.807, 2.05) is 6.07 Å². The van der Waals surface area contributed by atoms with E-state index < -0.39 is 5.41 Å². The number of ether oxygens (including phenoxy) is 2. The Hall–Kier alpha value is -2.60. The Balaban J connectivity index is 1.73. The van der Waals surface area contributed by atoms with E-state index in [0.29, 0.717) is 36.6 Å². The number of halogens is 1. The minimum absolute atomic E-state index is 0.112. The summed E-state index contributed by atoms with van der Waals surface area (Å²) in [6.07, 6.45) is 2.38. The summed E-state index contributed by atoms with van der Waals surface area (Å²) in [5, 5.41) is 3.01. The standard InChI is InChI=1S/C24H31FN2O3/c1-4-27(5-2)14-15-30-22-17-20(10-11-21(22)29-3)26-23(28)24(12-7-13-24)18-8-6-9-19(25)16-18/h6,8-11,16-17H,4-5,7,12-15H2,1-3H3,(H,26,28). The fraction of sp³-hybridized carbons (Fsp3) is 0.458. The normalized spacial score (nSPS) is 14.8. The molecular weight excluding hydrogens is 383 g/mol. The van der Waals surface area contributed by atoms with Crippen LogP contribution in [0.1, 0.15) is 38.7 Å². The molecule has 162 valence electrons. The Morgan fingerprint density at radius 1 is 1.13 bits per heavy atom. The number of hydrogen-bond acceptors (Lipinski definition) is 4. The van der Waals surface area contributed by atoms with Crippen molar-refractivity contribution in [1.82, 2.24) is 4.90 Å². The zero-order valence-electron chi connectivity index (χ0n) is 18.0. The highest BCUT2D eigenvalue weighted by Crippen LogP contribution is 2.45. The van der Waals surface area contributed by atoms with Gasteiger partial charge in [0, 0.05) is 18.3 Å². The topological polar surface area (TPSA) is 50.8 Å². The lowest BCUT2D eigenvalue weighted by molar-refractivity contribution is -0.124. The van der Waals surface area contributed by atoms with Crippen molar-refractivity contribution in [3.63, 3.8) is 0 Å². The van der Waals surface area contributed by atoms with Crippen LogP contribution >= 0.6 is 0 Å². The van der Waals surface area contributed by atoms with Crippen molar-refractivity contribution in [1.29, 1.82) is 0 Å². The van der Waals surface area contributed by atoms with Gasteiger partial charge in [0.1, 0.15) is 12.4 Å². The quantitative estimate of drug-likeness (QED) is 0.617. The van der Waals surface area contributed by atoms with Crippen molar-refractivity contribution in [2.75, 3.05) is 38.7 Å². The molecule has 1 aliphatic rings. The minimum Gasteiger partial charge on any atom is -0.493 e. The Labute approximate surface area is 178 Å². The van der Waals surface area contributed by atoms with Crippen molar-refractivity contribution in [2.24, 2.45) is 0 Å². The van der Waals surface area contributed by atoms with Crippen molar-refractivity contribution in [3.05, 3.63) is 53.8 Å². The molecule has 0 aliphatic heterocycles. The molecule has 1 aliphatic carbocycles. The summed E-state index contributed by atoms with van der Waals surface area (Å²) in [6, 6.07) is 11.7. The van der Waals surface area contributed by atoms with Gasteiger partial charge in [0.05, 0.1) is 12.5 Å². The van der Waals surface area contributed by atoms with Crippen molar-refractivity contribution >= 4 is 11.6 Å². The fourth-order valence-electron chi connectivity index (χ4n) is 3.91. The van der Waals surface area contributed by atoms with Gasteiger partial charge in [-0.1, -0.05) is 32.4 Å². The number of nitrogens with one attached hydrogen (secondary N) is 1. The summed E-state index contributed by atoms with van der Waals surface area (Å²) in [5.74, 6) is 0.783. The van der Waals surface area contributed by atoms with Crippen LogP contribution < -0.4 is 14.8 Å². The van der Waals surface area contributed by atoms with Gasteiger partial charge < -0.3 is 19.7 Å². The summed E-state index contributed by atoms with van der Waals surface area (Å²) in [7, 11) is 1.60. The molecule has 0 bridgehead atoms. The van der Waals surface area contributed by atoms with Crippen LogP contribution in [0.5, 0.6) is 11.5 Å². The molecule has 1 N–H and O–H groups in total. The molecule has 2 aromatic rings. The molecule has 1 saturated carbocycles. The molecule has 0 heterocycles. The van der Waals surface area contributed by atoms with Gasteiger partial charge in [0.15, 0.2) is 11.5 Å². The number of nitrogens with zero attached hydrogens (tertiary/aromatic N) is 1. The van der Waals surface area contributed by atoms with E-state index in [1.54, 1.807) is 31.4 Å². The first-order chi connectivity index (χ1) is 14.5. The molecule has 0 radical (unpaired) electrons. The van der Waals surface area contributed by atoms with Gasteiger partial charge >= 0.3 is 0 Å². The molecule has 1 fully saturated rings. The number of hydrogen-bond donors (Lipinski definition) is 1. The van der Waals surface area contributed by atoms with Gasteiger partial charge in [-0.3, -0.25) is 4.79 Å². The lowest BCUT2D eigenvalue weighted by Crippen LogP contribution is -2.46. The zero-order chi connectivity index (χ0) is 21.6. The van der Waals surface area contributed by atoms with E-state index in [9.17, 15) is 9.18 Å². The van der Waals surface area contributed by atoms with Crippen LogP contribution in [0.2, 0.25) is 0 Å². The van der Waals surface area contributed by atoms with E-state index in [2.05, 4.69) is 24.1 Å². The second kappa shape index (κ2) is 9.94. The van der Waals surface area contributed by atoms with E-state index >= 15 is 0 Å². The molecule has 1 amide bonds. The Bertz CT molecular complexity index is 863. The summed E-state index contributed by atoms with van der Waals surface area (Å²) in [5.41, 5.74) is 0.697. The van der Waals surface area contributed by atoms with Crippen molar-refractivity contribution in [2.45, 2.75) is 38.5 Å². The molecule has 6 heteroatoms. The third-order valence-corrected chi connectivity index (χ3v) is 6.00. The van der Waals surface area contributed by atoms with Gasteiger partial charge in [-0.15, -0.1) is 0 Å². The molecule has 3 rings (SSSR count). The van der Waals surface area contributed by atoms with Crippen LogP contribution in [0.25, 0.3) is 0 Å². The number of benzene rings is 2. The Morgan fingerprint density at radius 2 is 1.90 bits per heavy atom. The van der Waals surface area contributed by atoms with Gasteiger partial charge in [-0.05, 0) is 55.8 Å². The number of amides is 1. The van der Waals surface area contributed by atoms with Crippen molar-refractivity contribution < 1.29 is 18.7 Å². The highest BCUT2D eigenvalue weighted by molar-refractivity contribution is 6.00.